The highest BCUT2D eigenvalue weighted by Crippen LogP contribution is 2.30. The Morgan fingerprint density at radius 1 is 1.21 bits per heavy atom. The highest BCUT2D eigenvalue weighted by molar-refractivity contribution is 6.30. The van der Waals surface area contributed by atoms with Gasteiger partial charge in [0, 0.05) is 11.6 Å². The molecule has 0 aromatic heterocycles. The van der Waals surface area contributed by atoms with E-state index in [1.165, 1.54) is 0 Å². The van der Waals surface area contributed by atoms with Crippen molar-refractivity contribution >= 4 is 29.1 Å². The van der Waals surface area contributed by atoms with Gasteiger partial charge in [0.1, 0.15) is 5.75 Å². The highest BCUT2D eigenvalue weighted by Gasteiger charge is 2.23. The van der Waals surface area contributed by atoms with Crippen LogP contribution >= 0.6 is 11.6 Å². The number of rotatable bonds is 4. The minimum Gasteiger partial charge on any atom is -0.479 e. The molecule has 3 rings (SSSR count). The quantitative estimate of drug-likeness (QED) is 0.896. The lowest BCUT2D eigenvalue weighted by molar-refractivity contribution is -0.123. The first-order valence-electron chi connectivity index (χ1n) is 7.63. The second kappa shape index (κ2) is 6.93. The van der Waals surface area contributed by atoms with E-state index < -0.39 is 6.10 Å². The summed E-state index contributed by atoms with van der Waals surface area (Å²) in [4.78, 5) is 23.7. The number of anilines is 1. The van der Waals surface area contributed by atoms with E-state index in [1.54, 1.807) is 25.1 Å². The summed E-state index contributed by atoms with van der Waals surface area (Å²) in [6, 6.07) is 12.7. The van der Waals surface area contributed by atoms with Crippen molar-refractivity contribution in [2.75, 3.05) is 5.32 Å². The van der Waals surface area contributed by atoms with Crippen LogP contribution in [-0.4, -0.2) is 17.9 Å². The summed E-state index contributed by atoms with van der Waals surface area (Å²) in [6.45, 7) is 2.08. The molecule has 0 aliphatic carbocycles. The van der Waals surface area contributed by atoms with E-state index in [-0.39, 0.29) is 11.8 Å². The molecule has 0 saturated carbocycles. The third-order valence-electron chi connectivity index (χ3n) is 3.74. The van der Waals surface area contributed by atoms with Gasteiger partial charge in [-0.15, -0.1) is 0 Å². The van der Waals surface area contributed by atoms with Crippen molar-refractivity contribution in [3.63, 3.8) is 0 Å². The van der Waals surface area contributed by atoms with Crippen LogP contribution < -0.4 is 15.4 Å². The Morgan fingerprint density at radius 2 is 1.92 bits per heavy atom. The Labute approximate surface area is 145 Å². The first-order chi connectivity index (χ1) is 11.5. The fraction of sp³-hybridized carbons (Fsp3) is 0.222. The van der Waals surface area contributed by atoms with Crippen molar-refractivity contribution in [2.24, 2.45) is 0 Å². The molecule has 6 heteroatoms. The monoisotopic (exact) mass is 344 g/mol. The number of amides is 2. The SMILES string of the molecule is CC1Oc2ccc(CNC(=O)Cc3ccc(Cl)cc3)cc2NC1=O. The van der Waals surface area contributed by atoms with Crippen LogP contribution in [0.1, 0.15) is 18.1 Å². The fourth-order valence-electron chi connectivity index (χ4n) is 2.42. The van der Waals surface area contributed by atoms with Gasteiger partial charge in [-0.1, -0.05) is 29.8 Å². The Bertz CT molecular complexity index is 774. The van der Waals surface area contributed by atoms with Gasteiger partial charge in [0.05, 0.1) is 12.1 Å². The van der Waals surface area contributed by atoms with Gasteiger partial charge in [-0.05, 0) is 42.3 Å². The van der Waals surface area contributed by atoms with Crippen LogP contribution in [0, 0.1) is 0 Å². The van der Waals surface area contributed by atoms with E-state index >= 15 is 0 Å². The number of fused-ring (bicyclic) bond motifs is 1. The molecule has 0 spiro atoms. The Kier molecular flexibility index (Phi) is 4.71. The molecule has 1 aliphatic heterocycles. The predicted octanol–water partition coefficient (Wildman–Crippen LogP) is 2.92. The number of ether oxygens (including phenoxy) is 1. The van der Waals surface area contributed by atoms with Gasteiger partial charge in [-0.3, -0.25) is 9.59 Å². The molecule has 5 nitrogen and oxygen atoms in total. The molecular weight excluding hydrogens is 328 g/mol. The fourth-order valence-corrected chi connectivity index (χ4v) is 2.54. The number of halogens is 1. The van der Waals surface area contributed by atoms with Gasteiger partial charge in [0.2, 0.25) is 5.91 Å². The third kappa shape index (κ3) is 3.86. The summed E-state index contributed by atoms with van der Waals surface area (Å²) in [5.74, 6) is 0.383. The molecule has 2 aromatic carbocycles. The average Bonchev–Trinajstić information content (AvgIpc) is 2.56. The largest absolute Gasteiger partial charge is 0.479 e. The molecule has 0 bridgehead atoms. The minimum absolute atomic E-state index is 0.0797. The molecule has 2 amide bonds. The number of carbonyl (C=O) groups is 2. The summed E-state index contributed by atoms with van der Waals surface area (Å²) in [5.41, 5.74) is 2.41. The summed E-state index contributed by atoms with van der Waals surface area (Å²) in [5, 5.41) is 6.30. The molecule has 2 aromatic rings. The van der Waals surface area contributed by atoms with Crippen LogP contribution in [0.25, 0.3) is 0 Å². The minimum atomic E-state index is -0.498. The topological polar surface area (TPSA) is 67.4 Å². The van der Waals surface area contributed by atoms with E-state index in [4.69, 9.17) is 16.3 Å². The van der Waals surface area contributed by atoms with Gasteiger partial charge < -0.3 is 15.4 Å². The first-order valence-corrected chi connectivity index (χ1v) is 8.00. The van der Waals surface area contributed by atoms with E-state index in [9.17, 15) is 9.59 Å². The van der Waals surface area contributed by atoms with E-state index in [2.05, 4.69) is 10.6 Å². The lowest BCUT2D eigenvalue weighted by Crippen LogP contribution is -2.34. The maximum Gasteiger partial charge on any atom is 0.265 e. The van der Waals surface area contributed by atoms with Crippen molar-refractivity contribution in [1.82, 2.24) is 5.32 Å². The molecule has 0 saturated heterocycles. The number of nitrogens with one attached hydrogen (secondary N) is 2. The van der Waals surface area contributed by atoms with Crippen LogP contribution in [0.3, 0.4) is 0 Å². The van der Waals surface area contributed by atoms with Crippen molar-refractivity contribution in [1.29, 1.82) is 0 Å². The zero-order valence-corrected chi connectivity index (χ0v) is 13.9. The molecule has 0 radical (unpaired) electrons. The number of carbonyl (C=O) groups excluding carboxylic acids is 2. The lowest BCUT2D eigenvalue weighted by atomic mass is 10.1. The zero-order chi connectivity index (χ0) is 17.1. The molecule has 1 unspecified atom stereocenters. The van der Waals surface area contributed by atoms with Crippen molar-refractivity contribution in [3.05, 3.63) is 58.6 Å². The van der Waals surface area contributed by atoms with Gasteiger partial charge in [-0.25, -0.2) is 0 Å². The van der Waals surface area contributed by atoms with Crippen LogP contribution in [0.4, 0.5) is 5.69 Å². The smallest absolute Gasteiger partial charge is 0.265 e. The normalized spacial score (nSPS) is 15.9. The van der Waals surface area contributed by atoms with Gasteiger partial charge in [0.25, 0.3) is 5.91 Å². The maximum atomic E-state index is 12.0. The Morgan fingerprint density at radius 3 is 2.67 bits per heavy atom. The summed E-state index contributed by atoms with van der Waals surface area (Å²) in [7, 11) is 0. The Balaban J connectivity index is 1.58. The van der Waals surface area contributed by atoms with E-state index in [0.717, 1.165) is 11.1 Å². The highest BCUT2D eigenvalue weighted by atomic mass is 35.5. The molecule has 24 heavy (non-hydrogen) atoms. The van der Waals surface area contributed by atoms with E-state index in [1.807, 2.05) is 24.3 Å². The van der Waals surface area contributed by atoms with E-state index in [0.29, 0.717) is 29.4 Å². The van der Waals surface area contributed by atoms with Crippen LogP contribution in [0.5, 0.6) is 5.75 Å². The van der Waals surface area contributed by atoms with Gasteiger partial charge in [0.15, 0.2) is 6.10 Å². The second-order valence-electron chi connectivity index (χ2n) is 5.66. The number of hydrogen-bond acceptors (Lipinski definition) is 3. The molecule has 124 valence electrons. The van der Waals surface area contributed by atoms with Crippen molar-refractivity contribution < 1.29 is 14.3 Å². The zero-order valence-electron chi connectivity index (χ0n) is 13.1. The predicted molar refractivity (Wildman–Crippen MR) is 92.2 cm³/mol. The third-order valence-corrected chi connectivity index (χ3v) is 3.99. The summed E-state index contributed by atoms with van der Waals surface area (Å²) >= 11 is 5.83. The van der Waals surface area contributed by atoms with Crippen molar-refractivity contribution in [3.8, 4) is 5.75 Å². The lowest BCUT2D eigenvalue weighted by Gasteiger charge is -2.23. The van der Waals surface area contributed by atoms with Gasteiger partial charge >= 0.3 is 0 Å². The number of benzene rings is 2. The van der Waals surface area contributed by atoms with Crippen LogP contribution in [0.15, 0.2) is 42.5 Å². The first kappa shape index (κ1) is 16.3. The van der Waals surface area contributed by atoms with Gasteiger partial charge in [-0.2, -0.15) is 0 Å². The summed E-state index contributed by atoms with van der Waals surface area (Å²) < 4.78 is 5.50. The average molecular weight is 345 g/mol. The standard InChI is InChI=1S/C18H17ClN2O3/c1-11-18(23)21-15-8-13(4-7-16(15)24-11)10-20-17(22)9-12-2-5-14(19)6-3-12/h2-8,11H,9-10H2,1H3,(H,20,22)(H,21,23). The molecule has 1 heterocycles. The number of hydrogen-bond donors (Lipinski definition) is 2. The molecule has 1 atom stereocenters. The molecule has 2 N–H and O–H groups in total. The maximum absolute atomic E-state index is 12.0. The molecule has 0 fully saturated rings. The van der Waals surface area contributed by atoms with Crippen molar-refractivity contribution in [2.45, 2.75) is 26.0 Å². The molecule has 1 aliphatic rings. The van der Waals surface area contributed by atoms with Crippen LogP contribution in [0.2, 0.25) is 5.02 Å². The molecular formula is C18H17ClN2O3. The summed E-state index contributed by atoms with van der Waals surface area (Å²) in [6.07, 6.45) is -0.207. The Hall–Kier alpha value is -2.53. The van der Waals surface area contributed by atoms with Crippen LogP contribution in [-0.2, 0) is 22.6 Å². The second-order valence-corrected chi connectivity index (χ2v) is 6.10.